The van der Waals surface area contributed by atoms with Gasteiger partial charge in [0.25, 0.3) is 0 Å². The maximum Gasteiger partial charge on any atom is 0.225 e. The van der Waals surface area contributed by atoms with Crippen molar-refractivity contribution in [3.05, 3.63) is 17.7 Å². The SMILES string of the molecule is Cc1cnc(C2CCC2)n1C1CCCN(C(=O)C2CCCCC2)C1. The highest BCUT2D eigenvalue weighted by atomic mass is 16.2. The van der Waals surface area contributed by atoms with Crippen molar-refractivity contribution >= 4 is 5.91 Å². The van der Waals surface area contributed by atoms with E-state index in [-0.39, 0.29) is 0 Å². The molecule has 4 heteroatoms. The predicted octanol–water partition coefficient (Wildman–Crippen LogP) is 4.20. The third kappa shape index (κ3) is 3.00. The topological polar surface area (TPSA) is 38.1 Å². The Morgan fingerprint density at radius 3 is 2.54 bits per heavy atom. The van der Waals surface area contributed by atoms with E-state index in [4.69, 9.17) is 4.98 Å². The predicted molar refractivity (Wildman–Crippen MR) is 95.0 cm³/mol. The standard InChI is InChI=1S/C20H31N3O/c1-15-13-21-19(16-9-5-10-16)23(15)18-11-6-12-22(14-18)20(24)17-7-3-2-4-8-17/h13,16-18H,2-12,14H2,1H3. The molecule has 1 atom stereocenters. The molecule has 0 spiro atoms. The molecular formula is C20H31N3O. The van der Waals surface area contributed by atoms with Crippen LogP contribution in [0.1, 0.15) is 87.7 Å². The molecule has 0 aromatic carbocycles. The van der Waals surface area contributed by atoms with Gasteiger partial charge in [-0.25, -0.2) is 4.98 Å². The number of piperidine rings is 1. The van der Waals surface area contributed by atoms with Crippen LogP contribution in [-0.4, -0.2) is 33.4 Å². The molecule has 2 heterocycles. The average molecular weight is 329 g/mol. The fourth-order valence-electron chi connectivity index (χ4n) is 4.88. The van der Waals surface area contributed by atoms with E-state index in [1.54, 1.807) is 0 Å². The molecule has 24 heavy (non-hydrogen) atoms. The van der Waals surface area contributed by atoms with E-state index < -0.39 is 0 Å². The van der Waals surface area contributed by atoms with Crippen LogP contribution in [0.15, 0.2) is 6.20 Å². The molecule has 3 aliphatic rings. The van der Waals surface area contributed by atoms with E-state index in [2.05, 4.69) is 16.4 Å². The lowest BCUT2D eigenvalue weighted by Gasteiger charge is -2.38. The summed E-state index contributed by atoms with van der Waals surface area (Å²) in [5.74, 6) is 2.67. The van der Waals surface area contributed by atoms with Gasteiger partial charge in [-0.1, -0.05) is 25.7 Å². The second kappa shape index (κ2) is 6.89. The van der Waals surface area contributed by atoms with Crippen LogP contribution in [0.3, 0.4) is 0 Å². The van der Waals surface area contributed by atoms with Crippen LogP contribution in [0.2, 0.25) is 0 Å². The molecule has 0 radical (unpaired) electrons. The van der Waals surface area contributed by atoms with E-state index in [0.29, 0.717) is 23.8 Å². The summed E-state index contributed by atoms with van der Waals surface area (Å²) in [6.45, 7) is 4.03. The monoisotopic (exact) mass is 329 g/mol. The number of aryl methyl sites for hydroxylation is 1. The number of aromatic nitrogens is 2. The van der Waals surface area contributed by atoms with Crippen molar-refractivity contribution in [1.82, 2.24) is 14.5 Å². The number of imidazole rings is 1. The Morgan fingerprint density at radius 1 is 1.04 bits per heavy atom. The normalized spacial score (nSPS) is 26.4. The van der Waals surface area contributed by atoms with E-state index >= 15 is 0 Å². The Balaban J connectivity index is 1.48. The Bertz CT molecular complexity index is 584. The lowest BCUT2D eigenvalue weighted by Crippen LogP contribution is -2.44. The molecule has 4 rings (SSSR count). The zero-order chi connectivity index (χ0) is 16.5. The van der Waals surface area contributed by atoms with Gasteiger partial charge in [0.2, 0.25) is 5.91 Å². The number of amides is 1. The van der Waals surface area contributed by atoms with Gasteiger partial charge in [0.1, 0.15) is 5.82 Å². The molecule has 1 saturated heterocycles. The first-order valence-electron chi connectivity index (χ1n) is 10.1. The summed E-state index contributed by atoms with van der Waals surface area (Å²) in [4.78, 5) is 19.8. The van der Waals surface area contributed by atoms with Crippen molar-refractivity contribution in [3.8, 4) is 0 Å². The van der Waals surface area contributed by atoms with Crippen molar-refractivity contribution in [2.24, 2.45) is 5.92 Å². The molecule has 132 valence electrons. The third-order valence-corrected chi connectivity index (χ3v) is 6.51. The van der Waals surface area contributed by atoms with Gasteiger partial charge in [0.15, 0.2) is 0 Å². The summed E-state index contributed by atoms with van der Waals surface area (Å²) >= 11 is 0. The second-order valence-electron chi connectivity index (χ2n) is 8.17. The average Bonchev–Trinajstić information content (AvgIpc) is 2.95. The van der Waals surface area contributed by atoms with Crippen molar-refractivity contribution in [2.75, 3.05) is 13.1 Å². The zero-order valence-corrected chi connectivity index (χ0v) is 15.0. The van der Waals surface area contributed by atoms with E-state index in [1.807, 2.05) is 6.20 Å². The van der Waals surface area contributed by atoms with Crippen LogP contribution in [0.5, 0.6) is 0 Å². The van der Waals surface area contributed by atoms with Crippen LogP contribution in [0.25, 0.3) is 0 Å². The van der Waals surface area contributed by atoms with Crippen LogP contribution in [0, 0.1) is 12.8 Å². The van der Waals surface area contributed by atoms with Gasteiger partial charge >= 0.3 is 0 Å². The van der Waals surface area contributed by atoms with Gasteiger partial charge in [0, 0.05) is 36.8 Å². The molecule has 2 saturated carbocycles. The lowest BCUT2D eigenvalue weighted by atomic mass is 9.84. The molecule has 1 amide bonds. The molecule has 0 bridgehead atoms. The summed E-state index contributed by atoms with van der Waals surface area (Å²) in [7, 11) is 0. The van der Waals surface area contributed by atoms with Gasteiger partial charge in [-0.05, 0) is 45.4 Å². The quantitative estimate of drug-likeness (QED) is 0.833. The van der Waals surface area contributed by atoms with Gasteiger partial charge in [-0.3, -0.25) is 4.79 Å². The van der Waals surface area contributed by atoms with Crippen molar-refractivity contribution in [3.63, 3.8) is 0 Å². The zero-order valence-electron chi connectivity index (χ0n) is 15.0. The summed E-state index contributed by atoms with van der Waals surface area (Å²) in [6, 6.07) is 0.435. The summed E-state index contributed by atoms with van der Waals surface area (Å²) in [5.41, 5.74) is 1.27. The third-order valence-electron chi connectivity index (χ3n) is 6.51. The largest absolute Gasteiger partial charge is 0.340 e. The molecule has 1 aliphatic heterocycles. The summed E-state index contributed by atoms with van der Waals surface area (Å²) in [6.07, 6.45) is 14.3. The molecule has 1 aromatic heterocycles. The Hall–Kier alpha value is -1.32. The molecule has 1 aromatic rings. The molecule has 4 nitrogen and oxygen atoms in total. The first-order chi connectivity index (χ1) is 11.7. The minimum absolute atomic E-state index is 0.299. The second-order valence-corrected chi connectivity index (χ2v) is 8.17. The minimum atomic E-state index is 0.299. The molecule has 1 unspecified atom stereocenters. The van der Waals surface area contributed by atoms with Crippen LogP contribution < -0.4 is 0 Å². The molecule has 0 N–H and O–H groups in total. The first-order valence-corrected chi connectivity index (χ1v) is 10.1. The highest BCUT2D eigenvalue weighted by molar-refractivity contribution is 5.79. The maximum atomic E-state index is 12.9. The Morgan fingerprint density at radius 2 is 1.83 bits per heavy atom. The number of hydrogen-bond acceptors (Lipinski definition) is 2. The number of carbonyl (C=O) groups is 1. The smallest absolute Gasteiger partial charge is 0.225 e. The van der Waals surface area contributed by atoms with Crippen LogP contribution in [-0.2, 0) is 4.79 Å². The molecular weight excluding hydrogens is 298 g/mol. The number of carbonyl (C=O) groups excluding carboxylic acids is 1. The fourth-order valence-corrected chi connectivity index (χ4v) is 4.88. The van der Waals surface area contributed by atoms with E-state index in [0.717, 1.165) is 32.4 Å². The van der Waals surface area contributed by atoms with Gasteiger partial charge < -0.3 is 9.47 Å². The summed E-state index contributed by atoms with van der Waals surface area (Å²) < 4.78 is 2.48. The van der Waals surface area contributed by atoms with E-state index in [1.165, 1.54) is 56.5 Å². The van der Waals surface area contributed by atoms with Crippen molar-refractivity contribution in [2.45, 2.75) is 83.1 Å². The first kappa shape index (κ1) is 16.2. The van der Waals surface area contributed by atoms with Crippen LogP contribution in [0.4, 0.5) is 0 Å². The highest BCUT2D eigenvalue weighted by Crippen LogP contribution is 2.38. The van der Waals surface area contributed by atoms with Gasteiger partial charge in [-0.2, -0.15) is 0 Å². The maximum absolute atomic E-state index is 12.9. The minimum Gasteiger partial charge on any atom is -0.340 e. The number of rotatable bonds is 3. The van der Waals surface area contributed by atoms with E-state index in [9.17, 15) is 4.79 Å². The van der Waals surface area contributed by atoms with Gasteiger partial charge in [-0.15, -0.1) is 0 Å². The molecule has 2 aliphatic carbocycles. The Kier molecular flexibility index (Phi) is 4.64. The number of hydrogen-bond donors (Lipinski definition) is 0. The van der Waals surface area contributed by atoms with Gasteiger partial charge in [0.05, 0.1) is 6.04 Å². The highest BCUT2D eigenvalue weighted by Gasteiger charge is 2.33. The number of nitrogens with zero attached hydrogens (tertiary/aromatic N) is 3. The lowest BCUT2D eigenvalue weighted by molar-refractivity contribution is -0.138. The van der Waals surface area contributed by atoms with Crippen LogP contribution >= 0.6 is 0 Å². The van der Waals surface area contributed by atoms with Crippen molar-refractivity contribution in [1.29, 1.82) is 0 Å². The van der Waals surface area contributed by atoms with Crippen molar-refractivity contribution < 1.29 is 4.79 Å². The number of likely N-dealkylation sites (tertiary alicyclic amines) is 1. The summed E-state index contributed by atoms with van der Waals surface area (Å²) in [5, 5.41) is 0. The fraction of sp³-hybridized carbons (Fsp3) is 0.800. The Labute approximate surface area is 145 Å². The molecule has 3 fully saturated rings.